The SMILES string of the molecule is Nc1ccc(OCCO)c(NCc2cc(Cl)cs2)c1. The van der Waals surface area contributed by atoms with E-state index < -0.39 is 0 Å². The van der Waals surface area contributed by atoms with Crippen LogP contribution in [0, 0.1) is 0 Å². The van der Waals surface area contributed by atoms with Gasteiger partial charge < -0.3 is 20.9 Å². The molecule has 4 nitrogen and oxygen atoms in total. The second-order valence-corrected chi connectivity index (χ2v) is 5.34. The van der Waals surface area contributed by atoms with Gasteiger partial charge in [-0.25, -0.2) is 0 Å². The predicted octanol–water partition coefficient (Wildman–Crippen LogP) is 2.97. The molecule has 6 heteroatoms. The van der Waals surface area contributed by atoms with E-state index in [2.05, 4.69) is 5.32 Å². The van der Waals surface area contributed by atoms with Gasteiger partial charge in [-0.2, -0.15) is 0 Å². The Morgan fingerprint density at radius 2 is 2.21 bits per heavy atom. The van der Waals surface area contributed by atoms with Crippen LogP contribution in [-0.4, -0.2) is 18.3 Å². The van der Waals surface area contributed by atoms with E-state index >= 15 is 0 Å². The topological polar surface area (TPSA) is 67.5 Å². The quantitative estimate of drug-likeness (QED) is 0.717. The highest BCUT2D eigenvalue weighted by Gasteiger charge is 2.05. The first kappa shape index (κ1) is 14.0. The summed E-state index contributed by atoms with van der Waals surface area (Å²) in [5, 5.41) is 14.7. The Hall–Kier alpha value is -1.43. The van der Waals surface area contributed by atoms with Crippen molar-refractivity contribution < 1.29 is 9.84 Å². The van der Waals surface area contributed by atoms with Gasteiger partial charge in [-0.3, -0.25) is 0 Å². The predicted molar refractivity (Wildman–Crippen MR) is 80.1 cm³/mol. The van der Waals surface area contributed by atoms with Crippen LogP contribution in [0.25, 0.3) is 0 Å². The zero-order chi connectivity index (χ0) is 13.7. The van der Waals surface area contributed by atoms with Crippen molar-refractivity contribution in [2.75, 3.05) is 24.3 Å². The minimum Gasteiger partial charge on any atom is -0.489 e. The molecule has 0 aliphatic carbocycles. The molecule has 0 amide bonds. The van der Waals surface area contributed by atoms with E-state index in [0.29, 0.717) is 18.0 Å². The zero-order valence-corrected chi connectivity index (χ0v) is 11.8. The van der Waals surface area contributed by atoms with Crippen molar-refractivity contribution in [3.8, 4) is 5.75 Å². The summed E-state index contributed by atoms with van der Waals surface area (Å²) in [4.78, 5) is 1.13. The van der Waals surface area contributed by atoms with Gasteiger partial charge in [0, 0.05) is 22.5 Å². The Labute approximate surface area is 120 Å². The summed E-state index contributed by atoms with van der Waals surface area (Å²) >= 11 is 7.47. The molecule has 102 valence electrons. The Morgan fingerprint density at radius 1 is 1.37 bits per heavy atom. The molecule has 0 unspecified atom stereocenters. The molecule has 2 aromatic rings. The molecular formula is C13H15ClN2O2S. The van der Waals surface area contributed by atoms with Gasteiger partial charge in [0.25, 0.3) is 0 Å². The maximum atomic E-state index is 8.80. The summed E-state index contributed by atoms with van der Waals surface area (Å²) in [5.41, 5.74) is 7.23. The summed E-state index contributed by atoms with van der Waals surface area (Å²) in [6.45, 7) is 0.879. The molecule has 0 spiro atoms. The molecule has 0 aliphatic rings. The fourth-order valence-electron chi connectivity index (χ4n) is 1.60. The highest BCUT2D eigenvalue weighted by atomic mass is 35.5. The van der Waals surface area contributed by atoms with E-state index in [-0.39, 0.29) is 13.2 Å². The van der Waals surface area contributed by atoms with Crippen LogP contribution in [0.1, 0.15) is 4.88 Å². The molecule has 4 N–H and O–H groups in total. The number of halogens is 1. The maximum Gasteiger partial charge on any atom is 0.142 e. The van der Waals surface area contributed by atoms with Gasteiger partial charge in [-0.05, 0) is 24.3 Å². The van der Waals surface area contributed by atoms with Gasteiger partial charge >= 0.3 is 0 Å². The standard InChI is InChI=1S/C13H15ClN2O2S/c14-9-5-11(19-8-9)7-16-12-6-10(15)1-2-13(12)18-4-3-17/h1-2,5-6,8,16-17H,3-4,7,15H2. The van der Waals surface area contributed by atoms with Crippen molar-refractivity contribution in [2.45, 2.75) is 6.54 Å². The van der Waals surface area contributed by atoms with E-state index in [1.165, 1.54) is 0 Å². The lowest BCUT2D eigenvalue weighted by molar-refractivity contribution is 0.202. The number of anilines is 2. The highest BCUT2D eigenvalue weighted by molar-refractivity contribution is 7.10. The molecular weight excluding hydrogens is 284 g/mol. The molecule has 19 heavy (non-hydrogen) atoms. The van der Waals surface area contributed by atoms with E-state index in [1.807, 2.05) is 17.5 Å². The molecule has 2 rings (SSSR count). The van der Waals surface area contributed by atoms with Crippen LogP contribution < -0.4 is 15.8 Å². The van der Waals surface area contributed by atoms with E-state index in [4.69, 9.17) is 27.2 Å². The number of hydrogen-bond donors (Lipinski definition) is 3. The first-order valence-corrected chi connectivity index (χ1v) is 7.05. The molecule has 1 aromatic carbocycles. The van der Waals surface area contributed by atoms with Gasteiger partial charge in [-0.15, -0.1) is 11.3 Å². The second-order valence-electron chi connectivity index (χ2n) is 3.91. The van der Waals surface area contributed by atoms with Gasteiger partial charge in [0.1, 0.15) is 12.4 Å². The molecule has 0 atom stereocenters. The van der Waals surface area contributed by atoms with Crippen molar-refractivity contribution in [1.29, 1.82) is 0 Å². The number of hydrogen-bond acceptors (Lipinski definition) is 5. The summed E-state index contributed by atoms with van der Waals surface area (Å²) in [6, 6.07) is 7.27. The first-order valence-electron chi connectivity index (χ1n) is 5.79. The minimum absolute atomic E-state index is 0.0235. The van der Waals surface area contributed by atoms with Crippen LogP contribution in [0.4, 0.5) is 11.4 Å². The second kappa shape index (κ2) is 6.65. The number of nitrogens with two attached hydrogens (primary N) is 1. The molecule has 0 saturated carbocycles. The molecule has 0 saturated heterocycles. The monoisotopic (exact) mass is 298 g/mol. The number of benzene rings is 1. The Kier molecular flexibility index (Phi) is 4.90. The number of nitrogen functional groups attached to an aromatic ring is 1. The number of ether oxygens (including phenoxy) is 1. The normalized spacial score (nSPS) is 10.4. The Balaban J connectivity index is 2.06. The van der Waals surface area contributed by atoms with Crippen LogP contribution in [0.5, 0.6) is 5.75 Å². The fraction of sp³-hybridized carbons (Fsp3) is 0.231. The highest BCUT2D eigenvalue weighted by Crippen LogP contribution is 2.28. The summed E-state index contributed by atoms with van der Waals surface area (Å²) < 4.78 is 5.44. The van der Waals surface area contributed by atoms with Crippen molar-refractivity contribution >= 4 is 34.3 Å². The van der Waals surface area contributed by atoms with Crippen LogP contribution in [0.15, 0.2) is 29.6 Å². The number of thiophene rings is 1. The third-order valence-corrected chi connectivity index (χ3v) is 3.71. The largest absolute Gasteiger partial charge is 0.489 e. The third-order valence-electron chi connectivity index (χ3n) is 2.43. The van der Waals surface area contributed by atoms with E-state index in [0.717, 1.165) is 15.6 Å². The molecule has 1 heterocycles. The van der Waals surface area contributed by atoms with Gasteiger partial charge in [0.15, 0.2) is 0 Å². The molecule has 0 bridgehead atoms. The number of aliphatic hydroxyl groups is 1. The summed E-state index contributed by atoms with van der Waals surface area (Å²) in [6.07, 6.45) is 0. The lowest BCUT2D eigenvalue weighted by atomic mass is 10.2. The molecule has 0 radical (unpaired) electrons. The summed E-state index contributed by atoms with van der Waals surface area (Å²) in [7, 11) is 0. The first-order chi connectivity index (χ1) is 9.19. The van der Waals surface area contributed by atoms with E-state index in [9.17, 15) is 0 Å². The average Bonchev–Trinajstić information content (AvgIpc) is 2.81. The van der Waals surface area contributed by atoms with Gasteiger partial charge in [-0.1, -0.05) is 11.6 Å². The van der Waals surface area contributed by atoms with Crippen LogP contribution >= 0.6 is 22.9 Å². The van der Waals surface area contributed by atoms with Crippen LogP contribution in [0.3, 0.4) is 0 Å². The van der Waals surface area contributed by atoms with Crippen molar-refractivity contribution in [3.05, 3.63) is 39.5 Å². The lowest BCUT2D eigenvalue weighted by Gasteiger charge is -2.13. The Bertz CT molecular complexity index is 545. The smallest absolute Gasteiger partial charge is 0.142 e. The van der Waals surface area contributed by atoms with Crippen LogP contribution in [-0.2, 0) is 6.54 Å². The van der Waals surface area contributed by atoms with Crippen molar-refractivity contribution in [2.24, 2.45) is 0 Å². The number of aliphatic hydroxyl groups excluding tert-OH is 1. The maximum absolute atomic E-state index is 8.80. The number of rotatable bonds is 6. The van der Waals surface area contributed by atoms with Crippen molar-refractivity contribution in [1.82, 2.24) is 0 Å². The lowest BCUT2D eigenvalue weighted by Crippen LogP contribution is -2.06. The number of nitrogens with one attached hydrogen (secondary N) is 1. The minimum atomic E-state index is -0.0235. The van der Waals surface area contributed by atoms with Crippen molar-refractivity contribution in [3.63, 3.8) is 0 Å². The Morgan fingerprint density at radius 3 is 2.89 bits per heavy atom. The molecule has 0 fully saturated rings. The summed E-state index contributed by atoms with van der Waals surface area (Å²) in [5.74, 6) is 0.672. The third kappa shape index (κ3) is 4.02. The molecule has 1 aromatic heterocycles. The van der Waals surface area contributed by atoms with Gasteiger partial charge in [0.2, 0.25) is 0 Å². The van der Waals surface area contributed by atoms with Gasteiger partial charge in [0.05, 0.1) is 17.3 Å². The van der Waals surface area contributed by atoms with Crippen LogP contribution in [0.2, 0.25) is 5.02 Å². The fourth-order valence-corrected chi connectivity index (χ4v) is 2.61. The van der Waals surface area contributed by atoms with E-state index in [1.54, 1.807) is 23.5 Å². The average molecular weight is 299 g/mol. The zero-order valence-electron chi connectivity index (χ0n) is 10.2. The molecule has 0 aliphatic heterocycles.